The van der Waals surface area contributed by atoms with Crippen LogP contribution in [0.5, 0.6) is 0 Å². The molecule has 1 saturated carbocycles. The monoisotopic (exact) mass is 285 g/mol. The molecule has 0 radical (unpaired) electrons. The SMILES string of the molecule is CC(C(=O)O)N(Cc1ccc(-n2cccn2)cc1)C1CC1. The summed E-state index contributed by atoms with van der Waals surface area (Å²) in [5, 5.41) is 13.4. The van der Waals surface area contributed by atoms with E-state index in [-0.39, 0.29) is 0 Å². The molecule has 1 N–H and O–H groups in total. The summed E-state index contributed by atoms with van der Waals surface area (Å²) in [4.78, 5) is 13.3. The lowest BCUT2D eigenvalue weighted by Crippen LogP contribution is -2.39. The van der Waals surface area contributed by atoms with E-state index < -0.39 is 12.0 Å². The molecule has 1 unspecified atom stereocenters. The Kier molecular flexibility index (Phi) is 3.75. The number of hydrogen-bond donors (Lipinski definition) is 1. The molecule has 2 aromatic rings. The molecule has 0 saturated heterocycles. The number of hydrogen-bond acceptors (Lipinski definition) is 3. The molecule has 1 fully saturated rings. The molecular weight excluding hydrogens is 266 g/mol. The van der Waals surface area contributed by atoms with Crippen molar-refractivity contribution in [2.75, 3.05) is 0 Å². The second kappa shape index (κ2) is 5.69. The van der Waals surface area contributed by atoms with Crippen LogP contribution in [0.3, 0.4) is 0 Å². The van der Waals surface area contributed by atoms with Crippen molar-refractivity contribution in [1.82, 2.24) is 14.7 Å². The minimum absolute atomic E-state index is 0.418. The number of rotatable bonds is 6. The Bertz CT molecular complexity index is 603. The van der Waals surface area contributed by atoms with Gasteiger partial charge in [-0.15, -0.1) is 0 Å². The molecule has 0 amide bonds. The van der Waals surface area contributed by atoms with Crippen LogP contribution in [-0.4, -0.2) is 37.8 Å². The molecule has 110 valence electrons. The molecule has 1 aromatic heterocycles. The van der Waals surface area contributed by atoms with Crippen LogP contribution < -0.4 is 0 Å². The average molecular weight is 285 g/mol. The minimum atomic E-state index is -0.755. The van der Waals surface area contributed by atoms with Crippen molar-refractivity contribution in [3.63, 3.8) is 0 Å². The van der Waals surface area contributed by atoms with Crippen molar-refractivity contribution < 1.29 is 9.90 Å². The van der Waals surface area contributed by atoms with Gasteiger partial charge in [-0.2, -0.15) is 5.10 Å². The molecule has 21 heavy (non-hydrogen) atoms. The Hall–Kier alpha value is -2.14. The topological polar surface area (TPSA) is 58.4 Å². The second-order valence-corrected chi connectivity index (χ2v) is 5.53. The van der Waals surface area contributed by atoms with E-state index in [1.165, 1.54) is 0 Å². The van der Waals surface area contributed by atoms with E-state index in [1.54, 1.807) is 13.1 Å². The number of aliphatic carboxylic acids is 1. The molecule has 0 spiro atoms. The normalized spacial score (nSPS) is 16.1. The second-order valence-electron chi connectivity index (χ2n) is 5.53. The zero-order valence-corrected chi connectivity index (χ0v) is 12.0. The Morgan fingerprint density at radius 2 is 2.14 bits per heavy atom. The van der Waals surface area contributed by atoms with Crippen LogP contribution in [0.1, 0.15) is 25.3 Å². The molecule has 1 atom stereocenters. The van der Waals surface area contributed by atoms with Gasteiger partial charge in [0.25, 0.3) is 0 Å². The third kappa shape index (κ3) is 3.13. The Morgan fingerprint density at radius 3 is 2.67 bits per heavy atom. The van der Waals surface area contributed by atoms with Crippen molar-refractivity contribution in [3.05, 3.63) is 48.3 Å². The van der Waals surface area contributed by atoms with Crippen LogP contribution in [0.15, 0.2) is 42.7 Å². The summed E-state index contributed by atoms with van der Waals surface area (Å²) >= 11 is 0. The van der Waals surface area contributed by atoms with E-state index in [0.717, 1.165) is 24.1 Å². The summed E-state index contributed by atoms with van der Waals surface area (Å²) in [6, 6.07) is 9.97. The maximum atomic E-state index is 11.2. The smallest absolute Gasteiger partial charge is 0.320 e. The highest BCUT2D eigenvalue weighted by Gasteiger charge is 2.34. The molecule has 1 aromatic carbocycles. The lowest BCUT2D eigenvalue weighted by atomic mass is 10.1. The molecule has 5 heteroatoms. The number of nitrogens with zero attached hydrogens (tertiary/aromatic N) is 3. The van der Waals surface area contributed by atoms with Gasteiger partial charge >= 0.3 is 5.97 Å². The number of aromatic nitrogens is 2. The fraction of sp³-hybridized carbons (Fsp3) is 0.375. The van der Waals surface area contributed by atoms with Gasteiger partial charge in [-0.1, -0.05) is 12.1 Å². The standard InChI is InChI=1S/C16H19N3O2/c1-12(16(20)21)18(14-7-8-14)11-13-3-5-15(6-4-13)19-10-2-9-17-19/h2-6,9-10,12,14H,7-8,11H2,1H3,(H,20,21). The predicted octanol–water partition coefficient (Wildman–Crippen LogP) is 2.31. The van der Waals surface area contributed by atoms with Crippen molar-refractivity contribution in [2.45, 2.75) is 38.4 Å². The first-order valence-corrected chi connectivity index (χ1v) is 7.22. The van der Waals surface area contributed by atoms with Gasteiger partial charge in [-0.25, -0.2) is 4.68 Å². The van der Waals surface area contributed by atoms with Gasteiger partial charge in [0.15, 0.2) is 0 Å². The zero-order chi connectivity index (χ0) is 14.8. The molecule has 1 heterocycles. The van der Waals surface area contributed by atoms with Crippen LogP contribution in [0.2, 0.25) is 0 Å². The largest absolute Gasteiger partial charge is 0.480 e. The van der Waals surface area contributed by atoms with Gasteiger partial charge in [0, 0.05) is 25.0 Å². The lowest BCUT2D eigenvalue weighted by molar-refractivity contribution is -0.143. The van der Waals surface area contributed by atoms with E-state index in [9.17, 15) is 9.90 Å². The molecule has 3 rings (SSSR count). The van der Waals surface area contributed by atoms with Crippen molar-refractivity contribution >= 4 is 5.97 Å². The molecule has 1 aliphatic carbocycles. The van der Waals surface area contributed by atoms with E-state index in [0.29, 0.717) is 12.6 Å². The summed E-state index contributed by atoms with van der Waals surface area (Å²) < 4.78 is 1.81. The van der Waals surface area contributed by atoms with Crippen LogP contribution in [0.4, 0.5) is 0 Å². The van der Waals surface area contributed by atoms with Crippen molar-refractivity contribution in [1.29, 1.82) is 0 Å². The Labute approximate surface area is 123 Å². The van der Waals surface area contributed by atoms with E-state index in [4.69, 9.17) is 0 Å². The highest BCUT2D eigenvalue weighted by molar-refractivity contribution is 5.73. The van der Waals surface area contributed by atoms with Gasteiger partial charge in [-0.3, -0.25) is 9.69 Å². The van der Waals surface area contributed by atoms with Gasteiger partial charge < -0.3 is 5.11 Å². The van der Waals surface area contributed by atoms with Gasteiger partial charge in [0.1, 0.15) is 6.04 Å². The summed E-state index contributed by atoms with van der Waals surface area (Å²) in [7, 11) is 0. The van der Waals surface area contributed by atoms with Crippen molar-refractivity contribution in [3.8, 4) is 5.69 Å². The van der Waals surface area contributed by atoms with Crippen LogP contribution in [-0.2, 0) is 11.3 Å². The van der Waals surface area contributed by atoms with Crippen LogP contribution >= 0.6 is 0 Å². The van der Waals surface area contributed by atoms with Gasteiger partial charge in [0.05, 0.1) is 5.69 Å². The quantitative estimate of drug-likeness (QED) is 0.885. The number of carboxylic acid groups (broad SMARTS) is 1. The van der Waals surface area contributed by atoms with E-state index >= 15 is 0 Å². The first kappa shape index (κ1) is 13.8. The average Bonchev–Trinajstić information content (AvgIpc) is 3.18. The highest BCUT2D eigenvalue weighted by Crippen LogP contribution is 2.30. The zero-order valence-electron chi connectivity index (χ0n) is 12.0. The Morgan fingerprint density at radius 1 is 1.43 bits per heavy atom. The maximum Gasteiger partial charge on any atom is 0.320 e. The fourth-order valence-electron chi connectivity index (χ4n) is 2.52. The molecule has 1 aliphatic rings. The Balaban J connectivity index is 1.73. The van der Waals surface area contributed by atoms with E-state index in [2.05, 4.69) is 10.00 Å². The van der Waals surface area contributed by atoms with Gasteiger partial charge in [-0.05, 0) is 43.5 Å². The lowest BCUT2D eigenvalue weighted by Gasteiger charge is -2.26. The third-order valence-electron chi connectivity index (χ3n) is 3.94. The van der Waals surface area contributed by atoms with Crippen molar-refractivity contribution in [2.24, 2.45) is 0 Å². The van der Waals surface area contributed by atoms with Crippen LogP contribution in [0.25, 0.3) is 5.69 Å². The van der Waals surface area contributed by atoms with Crippen LogP contribution in [0, 0.1) is 0 Å². The summed E-state index contributed by atoms with van der Waals surface area (Å²) in [6.45, 7) is 2.44. The van der Waals surface area contributed by atoms with E-state index in [1.807, 2.05) is 41.2 Å². The highest BCUT2D eigenvalue weighted by atomic mass is 16.4. The summed E-state index contributed by atoms with van der Waals surface area (Å²) in [5.74, 6) is -0.755. The minimum Gasteiger partial charge on any atom is -0.480 e. The number of carboxylic acids is 1. The first-order chi connectivity index (χ1) is 10.1. The number of carbonyl (C=O) groups is 1. The first-order valence-electron chi connectivity index (χ1n) is 7.22. The molecule has 0 aliphatic heterocycles. The molecular formula is C16H19N3O2. The summed E-state index contributed by atoms with van der Waals surface area (Å²) in [5.41, 5.74) is 2.14. The third-order valence-corrected chi connectivity index (χ3v) is 3.94. The maximum absolute atomic E-state index is 11.2. The molecule has 5 nitrogen and oxygen atoms in total. The number of benzene rings is 1. The fourth-order valence-corrected chi connectivity index (χ4v) is 2.52. The summed E-state index contributed by atoms with van der Waals surface area (Å²) in [6.07, 6.45) is 5.85. The van der Waals surface area contributed by atoms with Gasteiger partial charge in [0.2, 0.25) is 0 Å². The molecule has 0 bridgehead atoms. The predicted molar refractivity (Wildman–Crippen MR) is 79.2 cm³/mol.